The number of aromatic amines is 1. The number of aromatic nitrogens is 2. The Morgan fingerprint density at radius 1 is 1.25 bits per heavy atom. The Labute approximate surface area is 169 Å². The molecule has 1 saturated heterocycles. The highest BCUT2D eigenvalue weighted by atomic mass is 32.1. The number of fused-ring (bicyclic) bond motifs is 3. The van der Waals surface area contributed by atoms with Crippen molar-refractivity contribution in [3.8, 4) is 0 Å². The van der Waals surface area contributed by atoms with E-state index in [0.717, 1.165) is 61.5 Å². The fourth-order valence-electron chi connectivity index (χ4n) is 4.48. The summed E-state index contributed by atoms with van der Waals surface area (Å²) < 4.78 is 0. The monoisotopic (exact) mass is 402 g/mol. The van der Waals surface area contributed by atoms with Crippen LogP contribution in [0.5, 0.6) is 0 Å². The number of nitrogens with one attached hydrogen (secondary N) is 1. The lowest BCUT2D eigenvalue weighted by molar-refractivity contribution is -0.130. The molecule has 6 nitrogen and oxygen atoms in total. The molecule has 1 unspecified atom stereocenters. The zero-order valence-corrected chi connectivity index (χ0v) is 18.1. The first-order chi connectivity index (χ1) is 13.2. The summed E-state index contributed by atoms with van der Waals surface area (Å²) >= 11 is 1.71. The van der Waals surface area contributed by atoms with E-state index >= 15 is 0 Å². The molecule has 152 valence electrons. The van der Waals surface area contributed by atoms with Gasteiger partial charge in [-0.15, -0.1) is 11.3 Å². The summed E-state index contributed by atoms with van der Waals surface area (Å²) in [5, 5.41) is 0.817. The topological polar surface area (TPSA) is 69.3 Å². The number of thiophene rings is 1. The van der Waals surface area contributed by atoms with Crippen molar-refractivity contribution < 1.29 is 4.79 Å². The Morgan fingerprint density at radius 3 is 2.61 bits per heavy atom. The number of piperazine rings is 1. The van der Waals surface area contributed by atoms with Crippen LogP contribution in [-0.4, -0.2) is 51.9 Å². The highest BCUT2D eigenvalue weighted by Crippen LogP contribution is 2.41. The van der Waals surface area contributed by atoms with Crippen LogP contribution in [0.1, 0.15) is 50.4 Å². The van der Waals surface area contributed by atoms with Gasteiger partial charge < -0.3 is 9.88 Å². The van der Waals surface area contributed by atoms with Crippen LogP contribution in [0.3, 0.4) is 0 Å². The van der Waals surface area contributed by atoms with Crippen LogP contribution in [0.4, 0.5) is 0 Å². The van der Waals surface area contributed by atoms with Crippen LogP contribution >= 0.6 is 11.3 Å². The molecule has 0 bridgehead atoms. The van der Waals surface area contributed by atoms with Gasteiger partial charge in [0.25, 0.3) is 5.56 Å². The molecule has 2 aromatic heterocycles. The first kappa shape index (κ1) is 19.6. The summed E-state index contributed by atoms with van der Waals surface area (Å²) in [5.41, 5.74) is 1.53. The van der Waals surface area contributed by atoms with Gasteiger partial charge in [0.15, 0.2) is 0 Å². The Kier molecular flexibility index (Phi) is 5.08. The lowest BCUT2D eigenvalue weighted by Crippen LogP contribution is -2.47. The van der Waals surface area contributed by atoms with Crippen LogP contribution in [0.2, 0.25) is 0 Å². The molecular formula is C21H30N4O2S. The summed E-state index contributed by atoms with van der Waals surface area (Å²) in [6.07, 6.45) is 3.18. The van der Waals surface area contributed by atoms with Gasteiger partial charge in [0, 0.05) is 38.0 Å². The van der Waals surface area contributed by atoms with Crippen LogP contribution in [0, 0.1) is 11.3 Å². The molecule has 4 rings (SSSR count). The van der Waals surface area contributed by atoms with Gasteiger partial charge in [-0.2, -0.15) is 0 Å². The molecule has 1 fully saturated rings. The predicted molar refractivity (Wildman–Crippen MR) is 113 cm³/mol. The maximum Gasteiger partial charge on any atom is 0.259 e. The first-order valence-corrected chi connectivity index (χ1v) is 11.1. The summed E-state index contributed by atoms with van der Waals surface area (Å²) in [6, 6.07) is 0. The Hall–Kier alpha value is -1.73. The minimum Gasteiger partial charge on any atom is -0.340 e. The van der Waals surface area contributed by atoms with E-state index in [1.165, 1.54) is 10.4 Å². The quantitative estimate of drug-likeness (QED) is 0.839. The number of hydrogen-bond donors (Lipinski definition) is 1. The second-order valence-electron chi connectivity index (χ2n) is 9.28. The number of H-pyrrole nitrogens is 1. The summed E-state index contributed by atoms with van der Waals surface area (Å²) in [4.78, 5) is 38.5. The molecule has 3 heterocycles. The molecule has 7 heteroatoms. The molecule has 2 aromatic rings. The zero-order valence-electron chi connectivity index (χ0n) is 17.3. The summed E-state index contributed by atoms with van der Waals surface area (Å²) in [7, 11) is 0. The smallest absolute Gasteiger partial charge is 0.259 e. The van der Waals surface area contributed by atoms with Crippen LogP contribution in [0.15, 0.2) is 4.79 Å². The fraction of sp³-hybridized carbons (Fsp3) is 0.667. The Morgan fingerprint density at radius 2 is 1.96 bits per heavy atom. The molecule has 0 spiro atoms. The third kappa shape index (κ3) is 3.74. The minimum absolute atomic E-state index is 0.00841. The first-order valence-electron chi connectivity index (χ1n) is 10.2. The number of rotatable bonds is 2. The van der Waals surface area contributed by atoms with E-state index in [1.807, 2.05) is 4.90 Å². The van der Waals surface area contributed by atoms with Gasteiger partial charge >= 0.3 is 0 Å². The van der Waals surface area contributed by atoms with E-state index < -0.39 is 0 Å². The molecule has 0 saturated carbocycles. The van der Waals surface area contributed by atoms with Gasteiger partial charge in [-0.05, 0) is 36.2 Å². The van der Waals surface area contributed by atoms with E-state index in [4.69, 9.17) is 4.98 Å². The molecular weight excluding hydrogens is 372 g/mol. The normalized spacial score (nSPS) is 21.1. The van der Waals surface area contributed by atoms with Crippen LogP contribution in [-0.2, 0) is 24.2 Å². The number of aryl methyl sites for hydroxylation is 1. The molecule has 1 aliphatic heterocycles. The summed E-state index contributed by atoms with van der Waals surface area (Å²) in [5.74, 6) is 1.52. The number of amides is 1. The Balaban J connectivity index is 1.55. The van der Waals surface area contributed by atoms with Gasteiger partial charge in [0.2, 0.25) is 5.91 Å². The lowest BCUT2D eigenvalue weighted by Gasteiger charge is -2.33. The molecule has 0 aromatic carbocycles. The predicted octanol–water partition coefficient (Wildman–Crippen LogP) is 2.80. The van der Waals surface area contributed by atoms with Gasteiger partial charge in [0.05, 0.1) is 11.9 Å². The van der Waals surface area contributed by atoms with Crippen molar-refractivity contribution in [1.82, 2.24) is 19.8 Å². The van der Waals surface area contributed by atoms with E-state index in [2.05, 4.69) is 30.7 Å². The van der Waals surface area contributed by atoms with E-state index in [9.17, 15) is 9.59 Å². The molecule has 0 radical (unpaired) electrons. The van der Waals surface area contributed by atoms with Crippen LogP contribution in [0.25, 0.3) is 10.2 Å². The Bertz CT molecular complexity index is 948. The van der Waals surface area contributed by atoms with E-state index in [-0.39, 0.29) is 11.5 Å². The van der Waals surface area contributed by atoms with Crippen molar-refractivity contribution in [3.63, 3.8) is 0 Å². The van der Waals surface area contributed by atoms with Gasteiger partial charge in [-0.1, -0.05) is 20.8 Å². The molecule has 28 heavy (non-hydrogen) atoms. The molecule has 1 aliphatic carbocycles. The van der Waals surface area contributed by atoms with Crippen molar-refractivity contribution in [2.75, 3.05) is 26.2 Å². The van der Waals surface area contributed by atoms with Crippen molar-refractivity contribution in [1.29, 1.82) is 0 Å². The van der Waals surface area contributed by atoms with E-state index in [0.29, 0.717) is 17.9 Å². The number of hydrogen-bond acceptors (Lipinski definition) is 5. The SMILES string of the molecule is CC(=O)N1CCN(Cc2nc3sc4c(c3c(=O)[nH]2)CCC(C(C)(C)C)C4)CC1. The van der Waals surface area contributed by atoms with Gasteiger partial charge in [0.1, 0.15) is 10.7 Å². The fourth-order valence-corrected chi connectivity index (χ4v) is 5.79. The highest BCUT2D eigenvalue weighted by molar-refractivity contribution is 7.18. The van der Waals surface area contributed by atoms with Crippen molar-refractivity contribution >= 4 is 27.5 Å². The van der Waals surface area contributed by atoms with Gasteiger partial charge in [-0.25, -0.2) is 4.98 Å². The molecule has 1 N–H and O–H groups in total. The van der Waals surface area contributed by atoms with Crippen LogP contribution < -0.4 is 5.56 Å². The van der Waals surface area contributed by atoms with Crippen molar-refractivity contribution in [3.05, 3.63) is 26.6 Å². The average molecular weight is 403 g/mol. The number of carbonyl (C=O) groups is 1. The molecule has 2 aliphatic rings. The molecule has 1 amide bonds. The third-order valence-electron chi connectivity index (χ3n) is 6.38. The van der Waals surface area contributed by atoms with Crippen molar-refractivity contribution in [2.24, 2.45) is 11.3 Å². The maximum absolute atomic E-state index is 12.8. The lowest BCUT2D eigenvalue weighted by atomic mass is 9.72. The highest BCUT2D eigenvalue weighted by Gasteiger charge is 2.31. The number of nitrogens with zero attached hydrogens (tertiary/aromatic N) is 3. The van der Waals surface area contributed by atoms with E-state index in [1.54, 1.807) is 18.3 Å². The molecule has 1 atom stereocenters. The zero-order chi connectivity index (χ0) is 20.1. The second kappa shape index (κ2) is 7.26. The summed E-state index contributed by atoms with van der Waals surface area (Å²) in [6.45, 7) is 12.3. The van der Waals surface area contributed by atoms with Gasteiger partial charge in [-0.3, -0.25) is 14.5 Å². The standard InChI is InChI=1S/C21H30N4O2S/c1-13(26)25-9-7-24(8-10-25)12-17-22-19(27)18-15-6-5-14(21(2,3)4)11-16(15)28-20(18)23-17/h14H,5-12H2,1-4H3,(H,22,23,27). The second-order valence-corrected chi connectivity index (χ2v) is 10.4. The third-order valence-corrected chi connectivity index (χ3v) is 7.53. The maximum atomic E-state index is 12.8. The minimum atomic E-state index is 0.00841. The average Bonchev–Trinajstić information content (AvgIpc) is 2.99. The largest absolute Gasteiger partial charge is 0.340 e. The van der Waals surface area contributed by atoms with Crippen molar-refractivity contribution in [2.45, 2.75) is 53.5 Å². The number of carbonyl (C=O) groups excluding carboxylic acids is 1.